The molecule has 128 valence electrons. The largest absolute Gasteiger partial charge is 0.497 e. The van der Waals surface area contributed by atoms with Crippen LogP contribution >= 0.6 is 11.3 Å². The number of pyridine rings is 1. The molecule has 3 aromatic rings. The Morgan fingerprint density at radius 3 is 2.80 bits per heavy atom. The molecule has 0 saturated heterocycles. The number of nitrogens with one attached hydrogen (secondary N) is 1. The lowest BCUT2D eigenvalue weighted by atomic mass is 10.1. The molecule has 0 atom stereocenters. The van der Waals surface area contributed by atoms with Gasteiger partial charge in [0.25, 0.3) is 0 Å². The van der Waals surface area contributed by atoms with Gasteiger partial charge in [-0.3, -0.25) is 9.78 Å². The molecule has 3 rings (SSSR count). The summed E-state index contributed by atoms with van der Waals surface area (Å²) in [4.78, 5) is 20.7. The minimum atomic E-state index is 0.00852. The number of aromatic nitrogens is 2. The Morgan fingerprint density at radius 2 is 2.08 bits per heavy atom. The van der Waals surface area contributed by atoms with Crippen LogP contribution in [0.5, 0.6) is 5.75 Å². The molecule has 0 saturated carbocycles. The maximum Gasteiger partial charge on any atom is 0.224 e. The van der Waals surface area contributed by atoms with Crippen molar-refractivity contribution in [2.24, 2.45) is 0 Å². The molecule has 2 heterocycles. The molecule has 0 aliphatic carbocycles. The third-order valence-corrected chi connectivity index (χ3v) is 4.60. The van der Waals surface area contributed by atoms with Crippen molar-refractivity contribution in [1.29, 1.82) is 0 Å². The number of hydrogen-bond acceptors (Lipinski definition) is 5. The molecule has 5 nitrogen and oxygen atoms in total. The van der Waals surface area contributed by atoms with Crippen molar-refractivity contribution < 1.29 is 9.53 Å². The average molecular weight is 353 g/mol. The summed E-state index contributed by atoms with van der Waals surface area (Å²) in [5, 5.41) is 5.96. The molecule has 0 fully saturated rings. The van der Waals surface area contributed by atoms with Crippen LogP contribution in [-0.4, -0.2) is 29.5 Å². The van der Waals surface area contributed by atoms with Crippen molar-refractivity contribution in [3.63, 3.8) is 0 Å². The van der Waals surface area contributed by atoms with Crippen LogP contribution in [0, 0.1) is 0 Å². The molecular formula is C19H19N3O2S. The van der Waals surface area contributed by atoms with Crippen molar-refractivity contribution >= 4 is 17.2 Å². The van der Waals surface area contributed by atoms with Gasteiger partial charge in [0.1, 0.15) is 5.75 Å². The molecule has 0 aliphatic rings. The highest BCUT2D eigenvalue weighted by atomic mass is 32.1. The number of benzene rings is 1. The number of amides is 1. The number of hydrogen-bond donors (Lipinski definition) is 1. The fourth-order valence-corrected chi connectivity index (χ4v) is 3.18. The second-order valence-electron chi connectivity index (χ2n) is 5.49. The molecule has 25 heavy (non-hydrogen) atoms. The first-order valence-corrected chi connectivity index (χ1v) is 8.87. The van der Waals surface area contributed by atoms with Crippen molar-refractivity contribution in [3.05, 3.63) is 64.7 Å². The van der Waals surface area contributed by atoms with Crippen LogP contribution in [0.25, 0.3) is 11.3 Å². The van der Waals surface area contributed by atoms with E-state index in [1.54, 1.807) is 30.8 Å². The molecule has 1 N–H and O–H groups in total. The van der Waals surface area contributed by atoms with Crippen LogP contribution in [0.1, 0.15) is 10.6 Å². The number of methoxy groups -OCH3 is 1. The number of rotatable bonds is 7. The summed E-state index contributed by atoms with van der Waals surface area (Å²) in [7, 11) is 1.63. The molecule has 2 aromatic heterocycles. The van der Waals surface area contributed by atoms with E-state index in [4.69, 9.17) is 4.74 Å². The lowest BCUT2D eigenvalue weighted by molar-refractivity contribution is -0.120. The van der Waals surface area contributed by atoms with E-state index in [0.717, 1.165) is 34.0 Å². The molecule has 6 heteroatoms. The van der Waals surface area contributed by atoms with Crippen molar-refractivity contribution in [2.45, 2.75) is 12.8 Å². The molecule has 1 amide bonds. The fraction of sp³-hybridized carbons (Fsp3) is 0.211. The van der Waals surface area contributed by atoms with Gasteiger partial charge < -0.3 is 10.1 Å². The molecule has 0 radical (unpaired) electrons. The van der Waals surface area contributed by atoms with E-state index in [-0.39, 0.29) is 5.91 Å². The standard InChI is InChI=1S/C19H19N3O2S/c1-24-16-6-4-14(5-7-16)11-18(23)21-10-8-19-22-17(13-25-19)15-3-2-9-20-12-15/h2-7,9,12-13H,8,10-11H2,1H3,(H,21,23). The highest BCUT2D eigenvalue weighted by Crippen LogP contribution is 2.20. The molecule has 0 aliphatic heterocycles. The summed E-state index contributed by atoms with van der Waals surface area (Å²) in [5.74, 6) is 0.798. The molecule has 1 aromatic carbocycles. The number of carbonyl (C=O) groups is 1. The van der Waals surface area contributed by atoms with E-state index < -0.39 is 0 Å². The van der Waals surface area contributed by atoms with Crippen molar-refractivity contribution in [1.82, 2.24) is 15.3 Å². The van der Waals surface area contributed by atoms with Gasteiger partial charge in [-0.1, -0.05) is 12.1 Å². The van der Waals surface area contributed by atoms with Crippen LogP contribution in [0.15, 0.2) is 54.2 Å². The Balaban J connectivity index is 1.46. The molecule has 0 unspecified atom stereocenters. The summed E-state index contributed by atoms with van der Waals surface area (Å²) in [6.07, 6.45) is 4.63. The van der Waals surface area contributed by atoms with E-state index in [1.165, 1.54) is 0 Å². The predicted octanol–water partition coefficient (Wildman–Crippen LogP) is 3.12. The Hall–Kier alpha value is -2.73. The quantitative estimate of drug-likeness (QED) is 0.709. The van der Waals surface area contributed by atoms with Gasteiger partial charge in [0, 0.05) is 36.3 Å². The smallest absolute Gasteiger partial charge is 0.224 e. The maximum atomic E-state index is 12.0. The number of thiazole rings is 1. The molecule has 0 bridgehead atoms. The monoisotopic (exact) mass is 353 g/mol. The third kappa shape index (κ3) is 4.87. The molecule has 0 spiro atoms. The Morgan fingerprint density at radius 1 is 1.24 bits per heavy atom. The minimum absolute atomic E-state index is 0.00852. The van der Waals surface area contributed by atoms with Gasteiger partial charge in [0.05, 0.1) is 24.2 Å². The van der Waals surface area contributed by atoms with Gasteiger partial charge in [-0.25, -0.2) is 4.98 Å². The first-order chi connectivity index (χ1) is 12.2. The SMILES string of the molecule is COc1ccc(CC(=O)NCCc2nc(-c3cccnc3)cs2)cc1. The molecular weight excluding hydrogens is 334 g/mol. The van der Waals surface area contributed by atoms with E-state index in [2.05, 4.69) is 15.3 Å². The third-order valence-electron chi connectivity index (χ3n) is 3.69. The van der Waals surface area contributed by atoms with Crippen LogP contribution < -0.4 is 10.1 Å². The van der Waals surface area contributed by atoms with Gasteiger partial charge in [-0.05, 0) is 29.8 Å². The van der Waals surface area contributed by atoms with Gasteiger partial charge in [-0.2, -0.15) is 0 Å². The average Bonchev–Trinajstić information content (AvgIpc) is 3.12. The van der Waals surface area contributed by atoms with Crippen LogP contribution in [0.4, 0.5) is 0 Å². The van der Waals surface area contributed by atoms with Crippen LogP contribution in [-0.2, 0) is 17.6 Å². The lowest BCUT2D eigenvalue weighted by Gasteiger charge is -2.05. The highest BCUT2D eigenvalue weighted by molar-refractivity contribution is 7.09. The zero-order valence-corrected chi connectivity index (χ0v) is 14.8. The summed E-state index contributed by atoms with van der Waals surface area (Å²) in [5.41, 5.74) is 2.90. The van der Waals surface area contributed by atoms with Crippen LogP contribution in [0.3, 0.4) is 0 Å². The van der Waals surface area contributed by atoms with E-state index >= 15 is 0 Å². The Bertz CT molecular complexity index is 816. The van der Waals surface area contributed by atoms with Crippen LogP contribution in [0.2, 0.25) is 0 Å². The van der Waals surface area contributed by atoms with E-state index in [1.807, 2.05) is 41.8 Å². The Kier molecular flexibility index (Phi) is 5.74. The van der Waals surface area contributed by atoms with Gasteiger partial charge in [0.2, 0.25) is 5.91 Å². The highest BCUT2D eigenvalue weighted by Gasteiger charge is 2.07. The summed E-state index contributed by atoms with van der Waals surface area (Å²) < 4.78 is 5.11. The number of nitrogens with zero attached hydrogens (tertiary/aromatic N) is 2. The second kappa shape index (κ2) is 8.39. The zero-order valence-electron chi connectivity index (χ0n) is 13.9. The zero-order chi connectivity index (χ0) is 17.5. The summed E-state index contributed by atoms with van der Waals surface area (Å²) in [6, 6.07) is 11.4. The minimum Gasteiger partial charge on any atom is -0.497 e. The first kappa shape index (κ1) is 17.1. The number of ether oxygens (including phenoxy) is 1. The second-order valence-corrected chi connectivity index (χ2v) is 6.44. The van der Waals surface area contributed by atoms with Gasteiger partial charge in [0.15, 0.2) is 0 Å². The maximum absolute atomic E-state index is 12.0. The Labute approximate surface area is 150 Å². The van der Waals surface area contributed by atoms with Gasteiger partial charge in [-0.15, -0.1) is 11.3 Å². The normalized spacial score (nSPS) is 10.4. The van der Waals surface area contributed by atoms with E-state index in [9.17, 15) is 4.79 Å². The first-order valence-electron chi connectivity index (χ1n) is 7.99. The van der Waals surface area contributed by atoms with Crippen molar-refractivity contribution in [3.8, 4) is 17.0 Å². The predicted molar refractivity (Wildman–Crippen MR) is 98.8 cm³/mol. The summed E-state index contributed by atoms with van der Waals surface area (Å²) in [6.45, 7) is 0.578. The van der Waals surface area contributed by atoms with E-state index in [0.29, 0.717) is 13.0 Å². The lowest BCUT2D eigenvalue weighted by Crippen LogP contribution is -2.27. The van der Waals surface area contributed by atoms with Gasteiger partial charge >= 0.3 is 0 Å². The van der Waals surface area contributed by atoms with Crippen molar-refractivity contribution in [2.75, 3.05) is 13.7 Å². The fourth-order valence-electron chi connectivity index (χ4n) is 2.37. The topological polar surface area (TPSA) is 64.1 Å². The summed E-state index contributed by atoms with van der Waals surface area (Å²) >= 11 is 1.60. The number of carbonyl (C=O) groups excluding carboxylic acids is 1.